The predicted molar refractivity (Wildman–Crippen MR) is 80.4 cm³/mol. The van der Waals surface area contributed by atoms with Crippen LogP contribution in [0.15, 0.2) is 18.2 Å². The van der Waals surface area contributed by atoms with E-state index in [2.05, 4.69) is 0 Å². The number of benzene rings is 1. The Morgan fingerprint density at radius 3 is 2.68 bits per heavy atom. The number of carbonyl (C=O) groups excluding carboxylic acids is 2. The Labute approximate surface area is 128 Å². The predicted octanol–water partition coefficient (Wildman–Crippen LogP) is 2.26. The normalized spacial score (nSPS) is 16.6. The molecule has 1 atom stereocenters. The van der Waals surface area contributed by atoms with Gasteiger partial charge in [-0.1, -0.05) is 0 Å². The highest BCUT2D eigenvalue weighted by atomic mass is 16.5. The number of Topliss-reactive ketones (excluding diaryl/α,β-unsaturated/α-hetero) is 1. The van der Waals surface area contributed by atoms with E-state index in [1.54, 1.807) is 23.1 Å². The van der Waals surface area contributed by atoms with Gasteiger partial charge in [0.25, 0.3) is 0 Å². The highest BCUT2D eigenvalue weighted by Gasteiger charge is 2.26. The van der Waals surface area contributed by atoms with Gasteiger partial charge in [-0.2, -0.15) is 0 Å². The van der Waals surface area contributed by atoms with E-state index in [0.717, 1.165) is 0 Å². The van der Waals surface area contributed by atoms with E-state index in [4.69, 9.17) is 9.84 Å². The Kier molecular flexibility index (Phi) is 4.80. The number of ketones is 1. The highest BCUT2D eigenvalue weighted by Crippen LogP contribution is 2.34. The maximum atomic E-state index is 12.1. The molecule has 1 aliphatic rings. The molecule has 1 aromatic carbocycles. The number of hydrogen-bond acceptors (Lipinski definition) is 4. The Morgan fingerprint density at radius 2 is 2.05 bits per heavy atom. The Morgan fingerprint density at radius 1 is 1.32 bits per heavy atom. The van der Waals surface area contributed by atoms with Crippen molar-refractivity contribution in [3.05, 3.63) is 23.8 Å². The highest BCUT2D eigenvalue weighted by molar-refractivity contribution is 6.00. The van der Waals surface area contributed by atoms with Crippen LogP contribution in [0.5, 0.6) is 5.75 Å². The molecule has 0 aromatic heterocycles. The third-order valence-corrected chi connectivity index (χ3v) is 3.51. The van der Waals surface area contributed by atoms with E-state index in [1.807, 2.05) is 6.92 Å². The van der Waals surface area contributed by atoms with Gasteiger partial charge in [0.05, 0.1) is 12.2 Å². The van der Waals surface area contributed by atoms with E-state index in [9.17, 15) is 14.4 Å². The molecule has 22 heavy (non-hydrogen) atoms. The van der Waals surface area contributed by atoms with Gasteiger partial charge in [-0.15, -0.1) is 0 Å². The van der Waals surface area contributed by atoms with Crippen LogP contribution < -0.4 is 9.64 Å². The lowest BCUT2D eigenvalue weighted by Crippen LogP contribution is -2.41. The summed E-state index contributed by atoms with van der Waals surface area (Å²) in [4.78, 5) is 36.0. The van der Waals surface area contributed by atoms with Crippen molar-refractivity contribution in [1.82, 2.24) is 0 Å². The number of carboxylic acids is 1. The lowest BCUT2D eigenvalue weighted by Gasteiger charge is -2.33. The van der Waals surface area contributed by atoms with Gasteiger partial charge in [0.1, 0.15) is 11.9 Å². The second-order valence-corrected chi connectivity index (χ2v) is 5.41. The molecule has 1 aliphatic heterocycles. The molecule has 6 nitrogen and oxygen atoms in total. The number of nitrogens with zero attached hydrogens (tertiary/aromatic N) is 1. The summed E-state index contributed by atoms with van der Waals surface area (Å²) in [7, 11) is 0. The largest absolute Gasteiger partial charge is 0.487 e. The van der Waals surface area contributed by atoms with Gasteiger partial charge in [0, 0.05) is 25.3 Å². The average Bonchev–Trinajstić information content (AvgIpc) is 2.45. The smallest absolute Gasteiger partial charge is 0.303 e. The van der Waals surface area contributed by atoms with Crippen LogP contribution in [0.2, 0.25) is 0 Å². The number of amides is 1. The van der Waals surface area contributed by atoms with Gasteiger partial charge in [-0.25, -0.2) is 0 Å². The minimum atomic E-state index is -0.914. The van der Waals surface area contributed by atoms with Crippen LogP contribution in [0.3, 0.4) is 0 Å². The fourth-order valence-electron chi connectivity index (χ4n) is 2.45. The second-order valence-electron chi connectivity index (χ2n) is 5.41. The maximum Gasteiger partial charge on any atom is 0.303 e. The zero-order valence-electron chi connectivity index (χ0n) is 12.7. The van der Waals surface area contributed by atoms with Gasteiger partial charge in [-0.3, -0.25) is 14.4 Å². The summed E-state index contributed by atoms with van der Waals surface area (Å²) < 4.78 is 5.68. The van der Waals surface area contributed by atoms with Crippen molar-refractivity contribution in [2.24, 2.45) is 0 Å². The van der Waals surface area contributed by atoms with E-state index < -0.39 is 5.97 Å². The Bertz CT molecular complexity index is 611. The lowest BCUT2D eigenvalue weighted by atomic mass is 10.0. The van der Waals surface area contributed by atoms with Crippen molar-refractivity contribution in [2.75, 3.05) is 11.4 Å². The first kappa shape index (κ1) is 16.0. The fraction of sp³-hybridized carbons (Fsp3) is 0.438. The molecule has 1 N–H and O–H groups in total. The molecule has 0 fully saturated rings. The van der Waals surface area contributed by atoms with Gasteiger partial charge < -0.3 is 14.7 Å². The molecule has 0 spiro atoms. The molecule has 0 radical (unpaired) electrons. The van der Waals surface area contributed by atoms with Crippen LogP contribution in [0.4, 0.5) is 5.69 Å². The summed E-state index contributed by atoms with van der Waals surface area (Å²) in [6, 6.07) is 4.98. The van der Waals surface area contributed by atoms with Crippen molar-refractivity contribution in [3.63, 3.8) is 0 Å². The molecule has 1 unspecified atom stereocenters. The minimum Gasteiger partial charge on any atom is -0.487 e. The van der Waals surface area contributed by atoms with Gasteiger partial charge in [0.15, 0.2) is 5.78 Å². The standard InChI is InChI=1S/C16H19NO5/c1-10-9-17(11(2)18)13-8-12(6-7-15(13)22-10)14(19)4-3-5-16(20)21/h6-8,10H,3-5,9H2,1-2H3,(H,20,21). The van der Waals surface area contributed by atoms with Crippen molar-refractivity contribution < 1.29 is 24.2 Å². The molecular weight excluding hydrogens is 286 g/mol. The summed E-state index contributed by atoms with van der Waals surface area (Å²) >= 11 is 0. The average molecular weight is 305 g/mol. The van der Waals surface area contributed by atoms with E-state index >= 15 is 0 Å². The van der Waals surface area contributed by atoms with E-state index in [-0.39, 0.29) is 30.6 Å². The molecule has 0 bridgehead atoms. The first-order valence-electron chi connectivity index (χ1n) is 7.22. The Balaban J connectivity index is 2.19. The van der Waals surface area contributed by atoms with Gasteiger partial charge >= 0.3 is 5.97 Å². The van der Waals surface area contributed by atoms with E-state index in [0.29, 0.717) is 30.0 Å². The minimum absolute atomic E-state index is 0.0309. The summed E-state index contributed by atoms with van der Waals surface area (Å²) in [5, 5.41) is 8.60. The third-order valence-electron chi connectivity index (χ3n) is 3.51. The molecule has 6 heteroatoms. The molecule has 1 aromatic rings. The number of carboxylic acid groups (broad SMARTS) is 1. The molecule has 0 saturated heterocycles. The lowest BCUT2D eigenvalue weighted by molar-refractivity contribution is -0.137. The molecule has 2 rings (SSSR count). The molecule has 1 heterocycles. The number of carbonyl (C=O) groups is 3. The zero-order valence-corrected chi connectivity index (χ0v) is 12.7. The maximum absolute atomic E-state index is 12.1. The van der Waals surface area contributed by atoms with E-state index in [1.165, 1.54) is 6.92 Å². The molecule has 1 amide bonds. The summed E-state index contributed by atoms with van der Waals surface area (Å²) in [6.07, 6.45) is 0.336. The van der Waals surface area contributed by atoms with Crippen molar-refractivity contribution in [2.45, 2.75) is 39.2 Å². The zero-order chi connectivity index (χ0) is 16.3. The van der Waals surface area contributed by atoms with Crippen molar-refractivity contribution >= 4 is 23.3 Å². The number of hydrogen-bond donors (Lipinski definition) is 1. The van der Waals surface area contributed by atoms with Crippen molar-refractivity contribution in [3.8, 4) is 5.75 Å². The first-order chi connectivity index (χ1) is 10.4. The number of rotatable bonds is 5. The number of aliphatic carboxylic acids is 1. The SMILES string of the molecule is CC(=O)N1CC(C)Oc2ccc(C(=O)CCCC(=O)O)cc21. The Hall–Kier alpha value is -2.37. The van der Waals surface area contributed by atoms with Crippen LogP contribution >= 0.6 is 0 Å². The fourth-order valence-corrected chi connectivity index (χ4v) is 2.45. The summed E-state index contributed by atoms with van der Waals surface area (Å²) in [5.74, 6) is -0.572. The third kappa shape index (κ3) is 3.63. The first-order valence-corrected chi connectivity index (χ1v) is 7.22. The number of anilines is 1. The monoisotopic (exact) mass is 305 g/mol. The molecule has 0 saturated carbocycles. The van der Waals surface area contributed by atoms with Crippen LogP contribution in [-0.2, 0) is 9.59 Å². The second kappa shape index (κ2) is 6.60. The topological polar surface area (TPSA) is 83.9 Å². The summed E-state index contributed by atoms with van der Waals surface area (Å²) in [6.45, 7) is 3.80. The van der Waals surface area contributed by atoms with Crippen LogP contribution in [0.1, 0.15) is 43.5 Å². The summed E-state index contributed by atoms with van der Waals surface area (Å²) in [5.41, 5.74) is 1.06. The molecule has 118 valence electrons. The molecular formula is C16H19NO5. The quantitative estimate of drug-likeness (QED) is 0.844. The van der Waals surface area contributed by atoms with Gasteiger partial charge in [-0.05, 0) is 31.5 Å². The van der Waals surface area contributed by atoms with Gasteiger partial charge in [0.2, 0.25) is 5.91 Å². The number of ether oxygens (including phenoxy) is 1. The van der Waals surface area contributed by atoms with Crippen molar-refractivity contribution in [1.29, 1.82) is 0 Å². The number of fused-ring (bicyclic) bond motifs is 1. The van der Waals surface area contributed by atoms with Crippen LogP contribution in [0.25, 0.3) is 0 Å². The van der Waals surface area contributed by atoms with Crippen LogP contribution in [-0.4, -0.2) is 35.4 Å². The van der Waals surface area contributed by atoms with Crippen LogP contribution in [0, 0.1) is 0 Å². The molecule has 0 aliphatic carbocycles.